The van der Waals surface area contributed by atoms with Crippen LogP contribution in [-0.4, -0.2) is 34.8 Å². The topological polar surface area (TPSA) is 66.5 Å². The number of carbonyl (C=O) groups excluding carboxylic acids is 3. The van der Waals surface area contributed by atoms with Gasteiger partial charge in [-0.1, -0.05) is 53.7 Å². The van der Waals surface area contributed by atoms with Crippen LogP contribution in [0.15, 0.2) is 59.6 Å². The Morgan fingerprint density at radius 3 is 2.74 bits per heavy atom. The monoisotopic (exact) mass is 400 g/mol. The van der Waals surface area contributed by atoms with Crippen molar-refractivity contribution in [3.05, 3.63) is 75.8 Å². The van der Waals surface area contributed by atoms with E-state index in [9.17, 15) is 14.4 Å². The molecule has 0 spiro atoms. The third-order valence-corrected chi connectivity index (χ3v) is 5.25. The van der Waals surface area contributed by atoms with Crippen molar-refractivity contribution in [2.45, 2.75) is 6.92 Å². The molecule has 0 saturated carbocycles. The number of allylic oxidation sites excluding steroid dienone is 1. The highest BCUT2D eigenvalue weighted by molar-refractivity contribution is 8.04. The largest absolute Gasteiger partial charge is 0.324 e. The number of hydrogen-bond donors (Lipinski definition) is 1. The number of anilines is 1. The Hall–Kier alpha value is -2.57. The van der Waals surface area contributed by atoms with Gasteiger partial charge in [-0.2, -0.15) is 0 Å². The fourth-order valence-electron chi connectivity index (χ4n) is 2.65. The lowest BCUT2D eigenvalue weighted by Gasteiger charge is -2.17. The van der Waals surface area contributed by atoms with Gasteiger partial charge in [0.25, 0.3) is 0 Å². The molecule has 7 heteroatoms. The van der Waals surface area contributed by atoms with Crippen LogP contribution >= 0.6 is 23.4 Å². The van der Waals surface area contributed by atoms with Gasteiger partial charge < -0.3 is 5.32 Å². The first-order chi connectivity index (χ1) is 12.9. The molecule has 0 bridgehead atoms. The second-order valence-corrected chi connectivity index (χ2v) is 7.42. The molecule has 2 aromatic rings. The normalized spacial score (nSPS) is 15.3. The summed E-state index contributed by atoms with van der Waals surface area (Å²) in [5.74, 6) is -0.546. The van der Waals surface area contributed by atoms with E-state index in [0.717, 1.165) is 5.56 Å². The predicted octanol–water partition coefficient (Wildman–Crippen LogP) is 3.89. The first-order valence-corrected chi connectivity index (χ1v) is 9.60. The third kappa shape index (κ3) is 4.78. The Labute approximate surface area is 166 Å². The Bertz CT molecular complexity index is 942. The van der Waals surface area contributed by atoms with Gasteiger partial charge in [0.15, 0.2) is 5.78 Å². The first kappa shape index (κ1) is 19.2. The van der Waals surface area contributed by atoms with E-state index in [2.05, 4.69) is 5.32 Å². The van der Waals surface area contributed by atoms with Gasteiger partial charge in [0, 0.05) is 22.3 Å². The summed E-state index contributed by atoms with van der Waals surface area (Å²) in [5, 5.41) is 3.69. The molecule has 1 aliphatic heterocycles. The number of nitrogens with one attached hydrogen (secondary N) is 1. The van der Waals surface area contributed by atoms with Crippen molar-refractivity contribution in [3.63, 3.8) is 0 Å². The van der Waals surface area contributed by atoms with Gasteiger partial charge in [0.2, 0.25) is 11.8 Å². The van der Waals surface area contributed by atoms with Crippen LogP contribution in [0.3, 0.4) is 0 Å². The van der Waals surface area contributed by atoms with Crippen LogP contribution in [0.1, 0.15) is 15.9 Å². The summed E-state index contributed by atoms with van der Waals surface area (Å²) in [4.78, 5) is 38.4. The van der Waals surface area contributed by atoms with Gasteiger partial charge in [-0.05, 0) is 30.7 Å². The van der Waals surface area contributed by atoms with Crippen molar-refractivity contribution in [2.24, 2.45) is 0 Å². The number of aryl methyl sites for hydroxylation is 1. The van der Waals surface area contributed by atoms with Gasteiger partial charge in [-0.3, -0.25) is 19.3 Å². The fourth-order valence-corrected chi connectivity index (χ4v) is 3.78. The molecule has 2 aromatic carbocycles. The summed E-state index contributed by atoms with van der Waals surface area (Å²) >= 11 is 7.16. The van der Waals surface area contributed by atoms with Gasteiger partial charge in [-0.15, -0.1) is 0 Å². The summed E-state index contributed by atoms with van der Waals surface area (Å²) in [5.41, 5.74) is 1.99. The number of carbonyl (C=O) groups is 3. The zero-order valence-electron chi connectivity index (χ0n) is 14.6. The summed E-state index contributed by atoms with van der Waals surface area (Å²) in [7, 11) is 0. The van der Waals surface area contributed by atoms with E-state index in [0.29, 0.717) is 21.3 Å². The van der Waals surface area contributed by atoms with E-state index in [1.54, 1.807) is 36.4 Å². The Morgan fingerprint density at radius 1 is 1.22 bits per heavy atom. The molecule has 1 N–H and O–H groups in total. The second-order valence-electron chi connectivity index (χ2n) is 5.99. The van der Waals surface area contributed by atoms with E-state index in [4.69, 9.17) is 11.6 Å². The van der Waals surface area contributed by atoms with Crippen molar-refractivity contribution in [2.75, 3.05) is 17.6 Å². The molecule has 1 heterocycles. The minimum atomic E-state index is -0.359. The summed E-state index contributed by atoms with van der Waals surface area (Å²) in [6.07, 6.45) is 1.42. The molecule has 5 nitrogen and oxygen atoms in total. The zero-order valence-corrected chi connectivity index (χ0v) is 16.1. The number of nitrogens with zero attached hydrogens (tertiary/aromatic N) is 1. The van der Waals surface area contributed by atoms with Crippen molar-refractivity contribution >= 4 is 46.6 Å². The number of halogens is 1. The maximum absolute atomic E-state index is 12.5. The minimum Gasteiger partial charge on any atom is -0.324 e. The highest BCUT2D eigenvalue weighted by atomic mass is 35.5. The number of thioether (sulfide) groups is 1. The van der Waals surface area contributed by atoms with Crippen molar-refractivity contribution in [3.8, 4) is 0 Å². The molecule has 2 amide bonds. The molecule has 1 aliphatic rings. The molecule has 0 atom stereocenters. The predicted molar refractivity (Wildman–Crippen MR) is 108 cm³/mol. The SMILES string of the molecule is Cc1ccccc1C(=O)/C=C1\SCC(=O)N1CC(=O)Nc1cccc(Cl)c1. The van der Waals surface area contributed by atoms with Crippen LogP contribution in [0.25, 0.3) is 0 Å². The highest BCUT2D eigenvalue weighted by Crippen LogP contribution is 2.29. The average molecular weight is 401 g/mol. The summed E-state index contributed by atoms with van der Waals surface area (Å²) in [6.45, 7) is 1.69. The van der Waals surface area contributed by atoms with Crippen molar-refractivity contribution in [1.29, 1.82) is 0 Å². The van der Waals surface area contributed by atoms with E-state index >= 15 is 0 Å². The van der Waals surface area contributed by atoms with E-state index < -0.39 is 0 Å². The Morgan fingerprint density at radius 2 is 2.00 bits per heavy atom. The van der Waals surface area contributed by atoms with Crippen LogP contribution in [0.2, 0.25) is 5.02 Å². The number of benzene rings is 2. The summed E-state index contributed by atoms with van der Waals surface area (Å²) < 4.78 is 0. The first-order valence-electron chi connectivity index (χ1n) is 8.24. The Kier molecular flexibility index (Phi) is 5.98. The molecule has 0 aromatic heterocycles. The van der Waals surface area contributed by atoms with Crippen molar-refractivity contribution in [1.82, 2.24) is 4.90 Å². The molecule has 27 heavy (non-hydrogen) atoms. The molecule has 0 unspecified atom stereocenters. The van der Waals surface area contributed by atoms with Crippen LogP contribution < -0.4 is 5.32 Å². The van der Waals surface area contributed by atoms with Crippen LogP contribution in [0.5, 0.6) is 0 Å². The molecular formula is C20H17ClN2O3S. The molecule has 0 radical (unpaired) electrons. The molecule has 1 fully saturated rings. The zero-order chi connectivity index (χ0) is 19.4. The Balaban J connectivity index is 1.73. The smallest absolute Gasteiger partial charge is 0.244 e. The standard InChI is InChI=1S/C20H17ClN2O3S/c1-13-5-2-3-8-16(13)17(24)10-20-23(19(26)12-27-20)11-18(25)22-15-7-4-6-14(21)9-15/h2-10H,11-12H2,1H3,(H,22,25)/b20-10-. The van der Waals surface area contributed by atoms with Crippen LogP contribution in [-0.2, 0) is 9.59 Å². The van der Waals surface area contributed by atoms with Gasteiger partial charge in [0.1, 0.15) is 6.54 Å². The maximum atomic E-state index is 12.5. The van der Waals surface area contributed by atoms with Crippen LogP contribution in [0.4, 0.5) is 5.69 Å². The average Bonchev–Trinajstić information content (AvgIpc) is 2.95. The number of ketones is 1. The molecule has 1 saturated heterocycles. The lowest BCUT2D eigenvalue weighted by atomic mass is 10.1. The van der Waals surface area contributed by atoms with Gasteiger partial charge in [-0.25, -0.2) is 0 Å². The quantitative estimate of drug-likeness (QED) is 0.610. The molecule has 138 valence electrons. The fraction of sp³-hybridized carbons (Fsp3) is 0.150. The second kappa shape index (κ2) is 8.41. The van der Waals surface area contributed by atoms with E-state index in [-0.39, 0.29) is 29.9 Å². The van der Waals surface area contributed by atoms with Gasteiger partial charge in [0.05, 0.1) is 10.8 Å². The van der Waals surface area contributed by atoms with Gasteiger partial charge >= 0.3 is 0 Å². The van der Waals surface area contributed by atoms with E-state index in [1.165, 1.54) is 22.7 Å². The maximum Gasteiger partial charge on any atom is 0.244 e. The number of hydrogen-bond acceptors (Lipinski definition) is 4. The number of amides is 2. The molecular weight excluding hydrogens is 384 g/mol. The van der Waals surface area contributed by atoms with Crippen LogP contribution in [0, 0.1) is 6.92 Å². The molecule has 3 rings (SSSR count). The third-order valence-electron chi connectivity index (χ3n) is 3.99. The van der Waals surface area contributed by atoms with Crippen molar-refractivity contribution < 1.29 is 14.4 Å². The summed E-state index contributed by atoms with van der Waals surface area (Å²) in [6, 6.07) is 14.0. The van der Waals surface area contributed by atoms with E-state index in [1.807, 2.05) is 19.1 Å². The highest BCUT2D eigenvalue weighted by Gasteiger charge is 2.29. The lowest BCUT2D eigenvalue weighted by molar-refractivity contribution is -0.129. The lowest BCUT2D eigenvalue weighted by Crippen LogP contribution is -2.34. The molecule has 0 aliphatic carbocycles. The minimum absolute atomic E-state index is 0.161. The number of rotatable bonds is 5.